The second-order valence-electron chi connectivity index (χ2n) is 4.97. The predicted octanol–water partition coefficient (Wildman–Crippen LogP) is 4.93. The van der Waals surface area contributed by atoms with E-state index in [2.05, 4.69) is 5.32 Å². The van der Waals surface area contributed by atoms with Crippen LogP contribution in [0, 0.1) is 11.7 Å². The Balaban J connectivity index is 3.10. The maximum atomic E-state index is 14.1. The zero-order valence-electron chi connectivity index (χ0n) is 12.0. The SMILES string of the molecule is CCC(CC)CC(NC)c1cccc(C(F)(F)F)c1F. The maximum absolute atomic E-state index is 14.1. The van der Waals surface area contributed by atoms with Gasteiger partial charge in [0.15, 0.2) is 0 Å². The number of alkyl halides is 3. The number of rotatable bonds is 6. The lowest BCUT2D eigenvalue weighted by atomic mass is 9.90. The first-order valence-electron chi connectivity index (χ1n) is 6.87. The molecule has 0 aromatic heterocycles. The third-order valence-electron chi connectivity index (χ3n) is 3.78. The molecule has 0 aliphatic rings. The lowest BCUT2D eigenvalue weighted by Crippen LogP contribution is -2.22. The molecule has 1 rings (SSSR count). The Labute approximate surface area is 117 Å². The molecule has 0 heterocycles. The molecule has 20 heavy (non-hydrogen) atoms. The zero-order valence-corrected chi connectivity index (χ0v) is 12.0. The Morgan fingerprint density at radius 2 is 1.75 bits per heavy atom. The molecule has 1 atom stereocenters. The molecule has 1 N–H and O–H groups in total. The van der Waals surface area contributed by atoms with Gasteiger partial charge in [-0.05, 0) is 25.5 Å². The summed E-state index contributed by atoms with van der Waals surface area (Å²) < 4.78 is 52.3. The van der Waals surface area contributed by atoms with Crippen LogP contribution in [0.25, 0.3) is 0 Å². The smallest absolute Gasteiger partial charge is 0.313 e. The predicted molar refractivity (Wildman–Crippen MR) is 71.9 cm³/mol. The first kappa shape index (κ1) is 17.0. The molecule has 0 saturated carbocycles. The van der Waals surface area contributed by atoms with Gasteiger partial charge in [0.05, 0.1) is 5.56 Å². The Morgan fingerprint density at radius 3 is 2.20 bits per heavy atom. The number of hydrogen-bond donors (Lipinski definition) is 1. The van der Waals surface area contributed by atoms with Gasteiger partial charge in [-0.2, -0.15) is 13.2 Å². The summed E-state index contributed by atoms with van der Waals surface area (Å²) >= 11 is 0. The third-order valence-corrected chi connectivity index (χ3v) is 3.78. The van der Waals surface area contributed by atoms with Crippen LogP contribution in [0.15, 0.2) is 18.2 Å². The van der Waals surface area contributed by atoms with Gasteiger partial charge >= 0.3 is 6.18 Å². The van der Waals surface area contributed by atoms with E-state index in [1.165, 1.54) is 12.1 Å². The van der Waals surface area contributed by atoms with E-state index in [1.54, 1.807) is 7.05 Å². The summed E-state index contributed by atoms with van der Waals surface area (Å²) in [5, 5.41) is 2.93. The molecule has 1 aromatic carbocycles. The first-order valence-corrected chi connectivity index (χ1v) is 6.87. The highest BCUT2D eigenvalue weighted by molar-refractivity contribution is 5.30. The lowest BCUT2D eigenvalue weighted by molar-refractivity contribution is -0.140. The minimum atomic E-state index is -4.66. The van der Waals surface area contributed by atoms with E-state index in [0.717, 1.165) is 18.9 Å². The van der Waals surface area contributed by atoms with Crippen LogP contribution in [0.4, 0.5) is 17.6 Å². The van der Waals surface area contributed by atoms with Gasteiger partial charge in [-0.25, -0.2) is 4.39 Å². The van der Waals surface area contributed by atoms with Crippen LogP contribution in [0.2, 0.25) is 0 Å². The maximum Gasteiger partial charge on any atom is 0.419 e. The Kier molecular flexibility index (Phi) is 5.99. The van der Waals surface area contributed by atoms with Crippen LogP contribution >= 0.6 is 0 Å². The summed E-state index contributed by atoms with van der Waals surface area (Å²) in [5.41, 5.74) is -1.10. The number of nitrogens with one attached hydrogen (secondary N) is 1. The molecule has 0 amide bonds. The van der Waals surface area contributed by atoms with Crippen molar-refractivity contribution in [2.75, 3.05) is 7.05 Å². The van der Waals surface area contributed by atoms with E-state index >= 15 is 0 Å². The van der Waals surface area contributed by atoms with Crippen LogP contribution in [0.1, 0.15) is 50.3 Å². The third kappa shape index (κ3) is 3.95. The highest BCUT2D eigenvalue weighted by atomic mass is 19.4. The van der Waals surface area contributed by atoms with Crippen molar-refractivity contribution < 1.29 is 17.6 Å². The van der Waals surface area contributed by atoms with E-state index < -0.39 is 23.6 Å². The van der Waals surface area contributed by atoms with Crippen molar-refractivity contribution in [3.05, 3.63) is 35.1 Å². The monoisotopic (exact) mass is 291 g/mol. The van der Waals surface area contributed by atoms with Gasteiger partial charge in [0.2, 0.25) is 0 Å². The summed E-state index contributed by atoms with van der Waals surface area (Å²) in [6.45, 7) is 4.06. The minimum Gasteiger partial charge on any atom is -0.313 e. The van der Waals surface area contributed by atoms with Crippen molar-refractivity contribution in [3.63, 3.8) is 0 Å². The molecule has 0 spiro atoms. The van der Waals surface area contributed by atoms with Crippen molar-refractivity contribution >= 4 is 0 Å². The number of hydrogen-bond acceptors (Lipinski definition) is 1. The molecule has 0 aliphatic carbocycles. The molecule has 0 fully saturated rings. The lowest BCUT2D eigenvalue weighted by Gasteiger charge is -2.23. The topological polar surface area (TPSA) is 12.0 Å². The molecule has 1 nitrogen and oxygen atoms in total. The van der Waals surface area contributed by atoms with Gasteiger partial charge in [0, 0.05) is 11.6 Å². The highest BCUT2D eigenvalue weighted by Crippen LogP contribution is 2.35. The van der Waals surface area contributed by atoms with Crippen molar-refractivity contribution in [1.82, 2.24) is 5.32 Å². The van der Waals surface area contributed by atoms with Crippen molar-refractivity contribution in [1.29, 1.82) is 0 Å². The average molecular weight is 291 g/mol. The van der Waals surface area contributed by atoms with Crippen LogP contribution in [-0.4, -0.2) is 7.05 Å². The molecule has 5 heteroatoms. The fourth-order valence-electron chi connectivity index (χ4n) is 2.39. The average Bonchev–Trinajstić information content (AvgIpc) is 2.40. The van der Waals surface area contributed by atoms with Crippen molar-refractivity contribution in [2.45, 2.75) is 45.3 Å². The molecule has 0 aliphatic heterocycles. The fraction of sp³-hybridized carbons (Fsp3) is 0.600. The summed E-state index contributed by atoms with van der Waals surface area (Å²) in [6.07, 6.45) is -2.18. The second-order valence-corrected chi connectivity index (χ2v) is 4.97. The number of halogens is 4. The van der Waals surface area contributed by atoms with Crippen LogP contribution in [-0.2, 0) is 6.18 Å². The summed E-state index contributed by atoms with van der Waals surface area (Å²) in [4.78, 5) is 0. The Morgan fingerprint density at radius 1 is 1.15 bits per heavy atom. The van der Waals surface area contributed by atoms with Gasteiger partial charge in [-0.1, -0.05) is 38.8 Å². The number of benzene rings is 1. The first-order chi connectivity index (χ1) is 9.35. The van der Waals surface area contributed by atoms with Gasteiger partial charge < -0.3 is 5.32 Å². The fourth-order valence-corrected chi connectivity index (χ4v) is 2.39. The van der Waals surface area contributed by atoms with Crippen LogP contribution < -0.4 is 5.32 Å². The molecule has 0 bridgehead atoms. The van der Waals surface area contributed by atoms with Gasteiger partial charge in [0.1, 0.15) is 5.82 Å². The molecule has 0 radical (unpaired) electrons. The molecule has 0 saturated heterocycles. The van der Waals surface area contributed by atoms with E-state index in [9.17, 15) is 17.6 Å². The minimum absolute atomic E-state index is 0.0919. The zero-order chi connectivity index (χ0) is 15.3. The van der Waals surface area contributed by atoms with Gasteiger partial charge in [-0.15, -0.1) is 0 Å². The van der Waals surface area contributed by atoms with E-state index in [0.29, 0.717) is 12.3 Å². The quantitative estimate of drug-likeness (QED) is 0.733. The van der Waals surface area contributed by atoms with E-state index in [-0.39, 0.29) is 5.56 Å². The second kappa shape index (κ2) is 7.07. The molecule has 1 aromatic rings. The Hall–Kier alpha value is -1.10. The Bertz CT molecular complexity index is 424. The largest absolute Gasteiger partial charge is 0.419 e. The molecule has 1 unspecified atom stereocenters. The van der Waals surface area contributed by atoms with Crippen molar-refractivity contribution in [2.24, 2.45) is 5.92 Å². The summed E-state index contributed by atoms with van der Waals surface area (Å²) in [5.74, 6) is -0.799. The normalized spacial score (nSPS) is 13.8. The van der Waals surface area contributed by atoms with E-state index in [1.807, 2.05) is 13.8 Å². The summed E-state index contributed by atoms with van der Waals surface area (Å²) in [6, 6.07) is 3.07. The standard InChI is InChI=1S/C15H21F4N/c1-4-10(5-2)9-13(20-3)11-7-6-8-12(14(11)16)15(17,18)19/h6-8,10,13,20H,4-5,9H2,1-3H3. The molecule has 114 valence electrons. The van der Waals surface area contributed by atoms with Crippen LogP contribution in [0.5, 0.6) is 0 Å². The highest BCUT2D eigenvalue weighted by Gasteiger charge is 2.35. The summed E-state index contributed by atoms with van der Waals surface area (Å²) in [7, 11) is 1.65. The van der Waals surface area contributed by atoms with E-state index in [4.69, 9.17) is 0 Å². The van der Waals surface area contributed by atoms with Crippen molar-refractivity contribution in [3.8, 4) is 0 Å². The van der Waals surface area contributed by atoms with Gasteiger partial charge in [-0.3, -0.25) is 0 Å². The van der Waals surface area contributed by atoms with Crippen LogP contribution in [0.3, 0.4) is 0 Å². The van der Waals surface area contributed by atoms with Gasteiger partial charge in [0.25, 0.3) is 0 Å². The molecular formula is C15H21F4N. The molecular weight excluding hydrogens is 270 g/mol.